The minimum atomic E-state index is -1.99. The van der Waals surface area contributed by atoms with Gasteiger partial charge < -0.3 is 20.1 Å². The van der Waals surface area contributed by atoms with Crippen LogP contribution >= 0.6 is 0 Å². The second-order valence-electron chi connectivity index (χ2n) is 9.77. The third-order valence-corrected chi connectivity index (χ3v) is 8.95. The van der Waals surface area contributed by atoms with Crippen molar-refractivity contribution < 1.29 is 29.6 Å². The zero-order valence-corrected chi connectivity index (χ0v) is 15.7. The van der Waals surface area contributed by atoms with Crippen LogP contribution in [0.2, 0.25) is 0 Å². The maximum absolute atomic E-state index is 13.5. The Morgan fingerprint density at radius 2 is 1.96 bits per heavy atom. The van der Waals surface area contributed by atoms with Crippen LogP contribution < -0.4 is 0 Å². The Hall–Kier alpha value is -1.08. The number of aliphatic hydroxyl groups excluding tert-OH is 1. The van der Waals surface area contributed by atoms with E-state index < -0.39 is 23.4 Å². The zero-order chi connectivity index (χ0) is 19.2. The number of rotatable bonds is 1. The van der Waals surface area contributed by atoms with Crippen LogP contribution in [0.3, 0.4) is 0 Å². The van der Waals surface area contributed by atoms with Gasteiger partial charge in [-0.2, -0.15) is 0 Å². The van der Waals surface area contributed by atoms with Crippen molar-refractivity contribution in [2.45, 2.75) is 63.3 Å². The fraction of sp³-hybridized carbons (Fsp3) is 0.810. The summed E-state index contributed by atoms with van der Waals surface area (Å²) >= 11 is 0. The number of carbonyl (C=O) groups excluding carboxylic acids is 2. The largest absolute Gasteiger partial charge is 0.391 e. The Labute approximate surface area is 158 Å². The average Bonchev–Trinajstić information content (AvgIpc) is 3.04. The SMILES string of the molecule is C[C@]12CCC(=O)C=C1CCC1C3CC[C@]4(O)C(O)(CO)OC[C@]34CC(=O)C12. The molecule has 0 aromatic carbocycles. The predicted octanol–water partition coefficient (Wildman–Crippen LogP) is 1.12. The van der Waals surface area contributed by atoms with Gasteiger partial charge in [-0.25, -0.2) is 0 Å². The molecule has 0 aromatic heterocycles. The second kappa shape index (κ2) is 5.29. The van der Waals surface area contributed by atoms with E-state index >= 15 is 0 Å². The highest BCUT2D eigenvalue weighted by atomic mass is 16.7. The average molecular weight is 376 g/mol. The minimum Gasteiger partial charge on any atom is -0.391 e. The summed E-state index contributed by atoms with van der Waals surface area (Å²) < 4.78 is 5.54. The number of fused-ring (bicyclic) bond motifs is 4. The van der Waals surface area contributed by atoms with Gasteiger partial charge >= 0.3 is 0 Å². The highest BCUT2D eigenvalue weighted by molar-refractivity contribution is 5.93. The molecule has 6 nitrogen and oxygen atoms in total. The summed E-state index contributed by atoms with van der Waals surface area (Å²) in [6.07, 6.45) is 5.85. The molecule has 3 saturated carbocycles. The van der Waals surface area contributed by atoms with Crippen LogP contribution in [0.15, 0.2) is 11.6 Å². The van der Waals surface area contributed by atoms with Gasteiger partial charge in [-0.15, -0.1) is 0 Å². The van der Waals surface area contributed by atoms with Gasteiger partial charge in [-0.3, -0.25) is 9.59 Å². The molecule has 6 heteroatoms. The highest BCUT2D eigenvalue weighted by Gasteiger charge is 2.77. The van der Waals surface area contributed by atoms with Gasteiger partial charge in [-0.05, 0) is 55.4 Å². The van der Waals surface area contributed by atoms with Gasteiger partial charge in [0.05, 0.1) is 6.61 Å². The topological polar surface area (TPSA) is 104 Å². The molecule has 1 aliphatic heterocycles. The summed E-state index contributed by atoms with van der Waals surface area (Å²) in [5.41, 5.74) is -1.56. The Morgan fingerprint density at radius 1 is 1.19 bits per heavy atom. The van der Waals surface area contributed by atoms with E-state index in [0.29, 0.717) is 19.3 Å². The number of aliphatic hydroxyl groups is 3. The molecule has 1 heterocycles. The van der Waals surface area contributed by atoms with Gasteiger partial charge in [0.2, 0.25) is 5.79 Å². The van der Waals surface area contributed by atoms with Crippen molar-refractivity contribution >= 4 is 11.6 Å². The number of Topliss-reactive ketones (excluding diaryl/α,β-unsaturated/α-hetero) is 1. The minimum absolute atomic E-state index is 0.0850. The lowest BCUT2D eigenvalue weighted by atomic mass is 9.45. The predicted molar refractivity (Wildman–Crippen MR) is 94.4 cm³/mol. The molecular formula is C21H28O6. The van der Waals surface area contributed by atoms with Crippen molar-refractivity contribution in [3.8, 4) is 0 Å². The van der Waals surface area contributed by atoms with Gasteiger partial charge in [0.15, 0.2) is 5.78 Å². The summed E-state index contributed by atoms with van der Waals surface area (Å²) in [7, 11) is 0. The number of carbonyl (C=O) groups is 2. The normalized spacial score (nSPS) is 54.1. The van der Waals surface area contributed by atoms with Gasteiger partial charge in [0, 0.05) is 24.2 Å². The van der Waals surface area contributed by atoms with E-state index in [0.717, 1.165) is 24.8 Å². The maximum atomic E-state index is 13.5. The van der Waals surface area contributed by atoms with Crippen molar-refractivity contribution in [3.05, 3.63) is 11.6 Å². The third kappa shape index (κ3) is 1.90. The summed E-state index contributed by atoms with van der Waals surface area (Å²) in [6, 6.07) is 0. The first-order valence-corrected chi connectivity index (χ1v) is 10.2. The van der Waals surface area contributed by atoms with Crippen LogP contribution in [0.5, 0.6) is 0 Å². The van der Waals surface area contributed by atoms with Gasteiger partial charge in [-0.1, -0.05) is 12.5 Å². The van der Waals surface area contributed by atoms with E-state index in [1.165, 1.54) is 0 Å². The quantitative estimate of drug-likeness (QED) is 0.634. The van der Waals surface area contributed by atoms with Crippen LogP contribution in [0.4, 0.5) is 0 Å². The van der Waals surface area contributed by atoms with Crippen LogP contribution in [-0.2, 0) is 14.3 Å². The molecule has 27 heavy (non-hydrogen) atoms. The molecule has 4 fully saturated rings. The first-order chi connectivity index (χ1) is 12.7. The molecule has 3 N–H and O–H groups in total. The molecule has 4 aliphatic carbocycles. The molecule has 0 radical (unpaired) electrons. The second-order valence-corrected chi connectivity index (χ2v) is 9.77. The Balaban J connectivity index is 1.57. The third-order valence-electron chi connectivity index (χ3n) is 8.95. The summed E-state index contributed by atoms with van der Waals surface area (Å²) in [4.78, 5) is 25.4. The first kappa shape index (κ1) is 18.0. The molecule has 5 rings (SSSR count). The molecule has 0 bridgehead atoms. The summed E-state index contributed by atoms with van der Waals surface area (Å²) in [6.45, 7) is 1.57. The fourth-order valence-electron chi connectivity index (χ4n) is 7.60. The Kier molecular flexibility index (Phi) is 3.52. The van der Waals surface area contributed by atoms with Crippen molar-refractivity contribution in [2.24, 2.45) is 28.6 Å². The van der Waals surface area contributed by atoms with Crippen molar-refractivity contribution in [1.82, 2.24) is 0 Å². The van der Waals surface area contributed by atoms with Crippen LogP contribution in [0.1, 0.15) is 51.9 Å². The molecule has 7 atom stereocenters. The Morgan fingerprint density at radius 3 is 2.70 bits per heavy atom. The number of ketones is 2. The number of allylic oxidation sites excluding steroid dienone is 1. The van der Waals surface area contributed by atoms with Crippen molar-refractivity contribution in [3.63, 3.8) is 0 Å². The van der Waals surface area contributed by atoms with Gasteiger partial charge in [0.1, 0.15) is 18.0 Å². The lowest BCUT2D eigenvalue weighted by Gasteiger charge is -2.57. The summed E-state index contributed by atoms with van der Waals surface area (Å²) in [5, 5.41) is 31.8. The van der Waals surface area contributed by atoms with Crippen LogP contribution in [0.25, 0.3) is 0 Å². The van der Waals surface area contributed by atoms with E-state index in [9.17, 15) is 24.9 Å². The van der Waals surface area contributed by atoms with Crippen molar-refractivity contribution in [1.29, 1.82) is 0 Å². The monoisotopic (exact) mass is 376 g/mol. The van der Waals surface area contributed by atoms with E-state index in [-0.39, 0.29) is 47.8 Å². The smallest absolute Gasteiger partial charge is 0.219 e. The number of hydrogen-bond acceptors (Lipinski definition) is 6. The standard InChI is InChI=1S/C21H28O6/c1-18-6-4-13(23)8-12(18)2-3-14-15-5-7-20(25)19(15,9-16(24)17(14)18)11-27-21(20,26)10-22/h8,14-15,17,22,25-26H,2-7,9-11H2,1H3/t14?,15?,17?,18-,19+,20+,21?/m0/s1. The van der Waals surface area contributed by atoms with E-state index in [1.807, 2.05) is 0 Å². The number of ether oxygens (including phenoxy) is 1. The van der Waals surface area contributed by atoms with E-state index in [2.05, 4.69) is 6.92 Å². The van der Waals surface area contributed by atoms with Crippen LogP contribution in [0, 0.1) is 28.6 Å². The fourth-order valence-corrected chi connectivity index (χ4v) is 7.60. The molecular weight excluding hydrogens is 348 g/mol. The van der Waals surface area contributed by atoms with E-state index in [1.54, 1.807) is 6.08 Å². The maximum Gasteiger partial charge on any atom is 0.219 e. The molecule has 1 saturated heterocycles. The Bertz CT molecular complexity index is 760. The summed E-state index contributed by atoms with van der Waals surface area (Å²) in [5.74, 6) is -1.64. The zero-order valence-electron chi connectivity index (χ0n) is 15.7. The van der Waals surface area contributed by atoms with Gasteiger partial charge in [0.25, 0.3) is 0 Å². The molecule has 4 unspecified atom stereocenters. The lowest BCUT2D eigenvalue weighted by molar-refractivity contribution is -0.277. The van der Waals surface area contributed by atoms with E-state index in [4.69, 9.17) is 4.74 Å². The lowest BCUT2D eigenvalue weighted by Crippen LogP contribution is -2.63. The van der Waals surface area contributed by atoms with Crippen molar-refractivity contribution in [2.75, 3.05) is 13.2 Å². The molecule has 0 amide bonds. The molecule has 0 aromatic rings. The molecule has 1 spiro atoms. The molecule has 5 aliphatic rings. The molecule has 148 valence electrons. The number of hydrogen-bond donors (Lipinski definition) is 3. The highest BCUT2D eigenvalue weighted by Crippen LogP contribution is 2.70. The first-order valence-electron chi connectivity index (χ1n) is 10.2. The van der Waals surface area contributed by atoms with Crippen LogP contribution in [-0.4, -0.2) is 51.5 Å².